The summed E-state index contributed by atoms with van der Waals surface area (Å²) in [5, 5.41) is 0. The van der Waals surface area contributed by atoms with Gasteiger partial charge in [0, 0.05) is 36.4 Å². The molecule has 2 aliphatic rings. The predicted octanol–water partition coefficient (Wildman–Crippen LogP) is 3.88. The van der Waals surface area contributed by atoms with Gasteiger partial charge in [-0.2, -0.15) is 0 Å². The van der Waals surface area contributed by atoms with E-state index in [1.54, 1.807) is 4.90 Å². The molecular formula is C24H35N5O3. The van der Waals surface area contributed by atoms with E-state index in [1.165, 1.54) is 0 Å². The molecular weight excluding hydrogens is 406 g/mol. The molecule has 0 unspecified atom stereocenters. The van der Waals surface area contributed by atoms with Crippen LogP contribution in [0.1, 0.15) is 45.9 Å². The quantitative estimate of drug-likeness (QED) is 0.707. The van der Waals surface area contributed by atoms with Crippen LogP contribution in [0.25, 0.3) is 11.4 Å². The average Bonchev–Trinajstić information content (AvgIpc) is 2.79. The van der Waals surface area contributed by atoms with E-state index in [9.17, 15) is 4.79 Å². The van der Waals surface area contributed by atoms with Crippen LogP contribution in [0.5, 0.6) is 0 Å². The van der Waals surface area contributed by atoms with E-state index in [0.717, 1.165) is 35.7 Å². The highest BCUT2D eigenvalue weighted by atomic mass is 16.6. The molecule has 1 aromatic carbocycles. The van der Waals surface area contributed by atoms with Gasteiger partial charge in [0.05, 0.1) is 25.5 Å². The number of fused-ring (bicyclic) bond motifs is 1. The first-order valence-electron chi connectivity index (χ1n) is 11.4. The van der Waals surface area contributed by atoms with Gasteiger partial charge in [0.2, 0.25) is 0 Å². The molecule has 2 aliphatic heterocycles. The number of amides is 1. The summed E-state index contributed by atoms with van der Waals surface area (Å²) < 4.78 is 11.1. The lowest BCUT2D eigenvalue weighted by molar-refractivity contribution is 0.0221. The second-order valence-corrected chi connectivity index (χ2v) is 8.67. The Kier molecular flexibility index (Phi) is 7.56. The van der Waals surface area contributed by atoms with Crippen LogP contribution < -0.4 is 10.6 Å². The molecule has 8 nitrogen and oxygen atoms in total. The summed E-state index contributed by atoms with van der Waals surface area (Å²) in [5.74, 6) is 1.58. The van der Waals surface area contributed by atoms with Gasteiger partial charge in [-0.1, -0.05) is 13.8 Å². The van der Waals surface area contributed by atoms with E-state index in [2.05, 4.69) is 4.90 Å². The number of carbonyl (C=O) groups is 1. The molecule has 0 spiro atoms. The fraction of sp³-hybridized carbons (Fsp3) is 0.542. The largest absolute Gasteiger partial charge is 0.444 e. The third kappa shape index (κ3) is 5.68. The number of benzene rings is 1. The molecule has 0 saturated carbocycles. The van der Waals surface area contributed by atoms with Crippen molar-refractivity contribution < 1.29 is 14.3 Å². The van der Waals surface area contributed by atoms with Crippen molar-refractivity contribution in [2.45, 2.75) is 53.2 Å². The van der Waals surface area contributed by atoms with Crippen molar-refractivity contribution in [2.24, 2.45) is 0 Å². The zero-order chi connectivity index (χ0) is 23.3. The van der Waals surface area contributed by atoms with Crippen LogP contribution in [0.3, 0.4) is 0 Å². The van der Waals surface area contributed by atoms with Gasteiger partial charge in [0.25, 0.3) is 0 Å². The SMILES string of the molecule is CC.CC(C)(C)OC(=O)N1CCc2c(nc(-c3ccc(N)cc3)nc2N2CCOCC2)C1. The van der Waals surface area contributed by atoms with Crippen molar-refractivity contribution in [3.63, 3.8) is 0 Å². The number of carbonyl (C=O) groups excluding carboxylic acids is 1. The van der Waals surface area contributed by atoms with E-state index in [-0.39, 0.29) is 6.09 Å². The molecule has 1 amide bonds. The molecule has 0 radical (unpaired) electrons. The number of hydrogen-bond donors (Lipinski definition) is 1. The number of aromatic nitrogens is 2. The molecule has 8 heteroatoms. The maximum Gasteiger partial charge on any atom is 0.410 e. The highest BCUT2D eigenvalue weighted by Crippen LogP contribution is 2.30. The number of nitrogen functional groups attached to an aromatic ring is 1. The Hall–Kier alpha value is -2.87. The number of rotatable bonds is 2. The topological polar surface area (TPSA) is 93.8 Å². The van der Waals surface area contributed by atoms with Gasteiger partial charge in [-0.05, 0) is 51.5 Å². The van der Waals surface area contributed by atoms with Crippen LogP contribution in [0.4, 0.5) is 16.3 Å². The minimum absolute atomic E-state index is 0.311. The first-order valence-corrected chi connectivity index (χ1v) is 11.4. The summed E-state index contributed by atoms with van der Waals surface area (Å²) in [6, 6.07) is 7.54. The van der Waals surface area contributed by atoms with Crippen molar-refractivity contribution in [3.8, 4) is 11.4 Å². The summed E-state index contributed by atoms with van der Waals surface area (Å²) >= 11 is 0. The third-order valence-electron chi connectivity index (χ3n) is 5.17. The Labute approximate surface area is 190 Å². The number of nitrogens with zero attached hydrogens (tertiary/aromatic N) is 4. The van der Waals surface area contributed by atoms with Crippen molar-refractivity contribution in [1.29, 1.82) is 0 Å². The second kappa shape index (κ2) is 10.2. The van der Waals surface area contributed by atoms with Crippen molar-refractivity contribution >= 4 is 17.6 Å². The smallest absolute Gasteiger partial charge is 0.410 e. The van der Waals surface area contributed by atoms with Gasteiger partial charge in [-0.15, -0.1) is 0 Å². The van der Waals surface area contributed by atoms with Crippen LogP contribution in [0.2, 0.25) is 0 Å². The van der Waals surface area contributed by atoms with Gasteiger partial charge in [-0.25, -0.2) is 14.8 Å². The molecule has 0 aliphatic carbocycles. The normalized spacial score (nSPS) is 16.0. The fourth-order valence-electron chi connectivity index (χ4n) is 3.69. The zero-order valence-electron chi connectivity index (χ0n) is 19.9. The fourth-order valence-corrected chi connectivity index (χ4v) is 3.69. The summed E-state index contributed by atoms with van der Waals surface area (Å²) in [5.41, 5.74) is 8.89. The van der Waals surface area contributed by atoms with Gasteiger partial charge >= 0.3 is 6.09 Å². The highest BCUT2D eigenvalue weighted by molar-refractivity contribution is 5.69. The monoisotopic (exact) mass is 441 g/mol. The molecule has 174 valence electrons. The number of anilines is 2. The molecule has 3 heterocycles. The number of ether oxygens (including phenoxy) is 2. The Balaban J connectivity index is 0.00000141. The van der Waals surface area contributed by atoms with Crippen LogP contribution in [0.15, 0.2) is 24.3 Å². The summed E-state index contributed by atoms with van der Waals surface area (Å²) in [6.07, 6.45) is 0.386. The minimum Gasteiger partial charge on any atom is -0.444 e. The Morgan fingerprint density at radius 3 is 2.34 bits per heavy atom. The molecule has 1 aromatic heterocycles. The van der Waals surface area contributed by atoms with E-state index in [1.807, 2.05) is 58.9 Å². The van der Waals surface area contributed by atoms with Crippen molar-refractivity contribution in [1.82, 2.24) is 14.9 Å². The lowest BCUT2D eigenvalue weighted by Crippen LogP contribution is -2.42. The highest BCUT2D eigenvalue weighted by Gasteiger charge is 2.30. The molecule has 2 N–H and O–H groups in total. The molecule has 32 heavy (non-hydrogen) atoms. The van der Waals surface area contributed by atoms with Crippen LogP contribution in [0, 0.1) is 0 Å². The molecule has 4 rings (SSSR count). The number of hydrogen-bond acceptors (Lipinski definition) is 7. The Bertz CT molecular complexity index is 918. The van der Waals surface area contributed by atoms with Crippen LogP contribution in [-0.4, -0.2) is 59.4 Å². The van der Waals surface area contributed by atoms with E-state index >= 15 is 0 Å². The predicted molar refractivity (Wildman–Crippen MR) is 127 cm³/mol. The van der Waals surface area contributed by atoms with Crippen LogP contribution in [-0.2, 0) is 22.4 Å². The van der Waals surface area contributed by atoms with E-state index in [4.69, 9.17) is 25.2 Å². The Morgan fingerprint density at radius 2 is 1.72 bits per heavy atom. The average molecular weight is 442 g/mol. The number of nitrogens with two attached hydrogens (primary N) is 1. The molecule has 1 saturated heterocycles. The minimum atomic E-state index is -0.531. The Morgan fingerprint density at radius 1 is 1.06 bits per heavy atom. The number of morpholine rings is 1. The van der Waals surface area contributed by atoms with Gasteiger partial charge in [-0.3, -0.25) is 0 Å². The first kappa shape index (κ1) is 23.8. The molecule has 1 fully saturated rings. The lowest BCUT2D eigenvalue weighted by Gasteiger charge is -2.34. The van der Waals surface area contributed by atoms with E-state index < -0.39 is 5.60 Å². The standard InChI is InChI=1S/C22H29N5O3.C2H6/c1-22(2,3)30-21(28)27-9-8-17-18(14-27)24-19(15-4-6-16(23)7-5-15)25-20(17)26-10-12-29-13-11-26;1-2/h4-7H,8-14,23H2,1-3H3;1-2H3. The molecule has 0 bridgehead atoms. The van der Waals surface area contributed by atoms with Gasteiger partial charge < -0.3 is 25.0 Å². The maximum atomic E-state index is 12.6. The van der Waals surface area contributed by atoms with E-state index in [0.29, 0.717) is 44.2 Å². The third-order valence-corrected chi connectivity index (χ3v) is 5.17. The van der Waals surface area contributed by atoms with Crippen LogP contribution >= 0.6 is 0 Å². The lowest BCUT2D eigenvalue weighted by atomic mass is 10.0. The van der Waals surface area contributed by atoms with Crippen molar-refractivity contribution in [2.75, 3.05) is 43.5 Å². The molecule has 2 aromatic rings. The second-order valence-electron chi connectivity index (χ2n) is 8.67. The van der Waals surface area contributed by atoms with Gasteiger partial charge in [0.1, 0.15) is 11.4 Å². The summed E-state index contributed by atoms with van der Waals surface area (Å²) in [7, 11) is 0. The van der Waals surface area contributed by atoms with Gasteiger partial charge in [0.15, 0.2) is 5.82 Å². The summed E-state index contributed by atoms with van der Waals surface area (Å²) in [6.45, 7) is 13.6. The maximum absolute atomic E-state index is 12.6. The first-order chi connectivity index (χ1) is 15.3. The zero-order valence-corrected chi connectivity index (χ0v) is 19.9. The van der Waals surface area contributed by atoms with Crippen molar-refractivity contribution in [3.05, 3.63) is 35.5 Å². The molecule has 0 atom stereocenters. The summed E-state index contributed by atoms with van der Waals surface area (Å²) in [4.78, 5) is 26.4.